The van der Waals surface area contributed by atoms with Crippen LogP contribution < -0.4 is 0 Å². The van der Waals surface area contributed by atoms with Crippen LogP contribution in [0.15, 0.2) is 35.0 Å². The molecule has 0 radical (unpaired) electrons. The highest BCUT2D eigenvalue weighted by atomic mass is 16.6. The summed E-state index contributed by atoms with van der Waals surface area (Å²) in [5.41, 5.74) is 0. The molecule has 1 unspecified atom stereocenters. The second-order valence-corrected chi connectivity index (χ2v) is 6.06. The normalized spacial score (nSPS) is 24.5. The van der Waals surface area contributed by atoms with E-state index in [1.165, 1.54) is 32.1 Å². The van der Waals surface area contributed by atoms with Crippen LogP contribution in [0.1, 0.15) is 82.5 Å². The van der Waals surface area contributed by atoms with E-state index in [0.29, 0.717) is 6.42 Å². The molecule has 0 bridgehead atoms. The third kappa shape index (κ3) is 6.50. The Balaban J connectivity index is 1.89. The first-order chi connectivity index (χ1) is 10.9. The maximum absolute atomic E-state index is 12.0. The molecule has 0 saturated heterocycles. The van der Waals surface area contributed by atoms with E-state index in [-0.39, 0.29) is 12.1 Å². The fourth-order valence-corrected chi connectivity index (χ4v) is 2.85. The molecule has 22 heavy (non-hydrogen) atoms. The Labute approximate surface area is 133 Å². The fraction of sp³-hybridized carbons (Fsp3) is 0.632. The zero-order chi connectivity index (χ0) is 15.5. The molecule has 0 N–H and O–H groups in total. The fourth-order valence-electron chi connectivity index (χ4n) is 2.85. The molecule has 3 heteroatoms. The average Bonchev–Trinajstić information content (AvgIpc) is 3.03. The van der Waals surface area contributed by atoms with Crippen molar-refractivity contribution < 1.29 is 13.9 Å². The monoisotopic (exact) mass is 304 g/mol. The summed E-state index contributed by atoms with van der Waals surface area (Å²) in [6, 6.07) is 3.74. The molecule has 2 heterocycles. The lowest BCUT2D eigenvalue weighted by molar-refractivity contribution is -0.151. The number of rotatable bonds is 1. The van der Waals surface area contributed by atoms with E-state index >= 15 is 0 Å². The highest BCUT2D eigenvalue weighted by Gasteiger charge is 2.18. The quantitative estimate of drug-likeness (QED) is 0.491. The van der Waals surface area contributed by atoms with Crippen LogP contribution in [0.3, 0.4) is 0 Å². The minimum Gasteiger partial charge on any atom is -0.465 e. The first kappa shape index (κ1) is 16.9. The lowest BCUT2D eigenvalue weighted by atomic mass is 10.1. The largest absolute Gasteiger partial charge is 0.465 e. The third-order valence-corrected chi connectivity index (χ3v) is 4.14. The molecule has 1 aliphatic heterocycles. The van der Waals surface area contributed by atoms with E-state index in [9.17, 15) is 4.79 Å². The molecule has 2 rings (SSSR count). The molecular formula is C19H28O3. The van der Waals surface area contributed by atoms with Gasteiger partial charge in [-0.2, -0.15) is 0 Å². The van der Waals surface area contributed by atoms with Crippen molar-refractivity contribution in [1.29, 1.82) is 0 Å². The van der Waals surface area contributed by atoms with Gasteiger partial charge in [0.1, 0.15) is 5.76 Å². The van der Waals surface area contributed by atoms with Gasteiger partial charge in [-0.1, -0.05) is 37.8 Å². The number of carbonyl (C=O) groups excluding carboxylic acids is 1. The van der Waals surface area contributed by atoms with Crippen molar-refractivity contribution in [3.63, 3.8) is 0 Å². The second kappa shape index (κ2) is 10.3. The predicted octanol–water partition coefficient (Wildman–Crippen LogP) is 5.72. The van der Waals surface area contributed by atoms with Gasteiger partial charge in [-0.25, -0.2) is 0 Å². The number of allylic oxidation sites excluding steroid dienone is 2. The van der Waals surface area contributed by atoms with Crippen LogP contribution >= 0.6 is 0 Å². The number of cyclic esters (lactones) is 1. The van der Waals surface area contributed by atoms with E-state index < -0.39 is 0 Å². The number of hydrogen-bond acceptors (Lipinski definition) is 3. The van der Waals surface area contributed by atoms with Crippen LogP contribution in [0.4, 0.5) is 0 Å². The summed E-state index contributed by atoms with van der Waals surface area (Å²) in [5, 5.41) is 0. The summed E-state index contributed by atoms with van der Waals surface area (Å²) >= 11 is 0. The van der Waals surface area contributed by atoms with Gasteiger partial charge in [0.25, 0.3) is 0 Å². The Kier molecular flexibility index (Phi) is 7.86. The number of furan rings is 1. The molecular weight excluding hydrogens is 276 g/mol. The summed E-state index contributed by atoms with van der Waals surface area (Å²) in [7, 11) is 0. The molecule has 122 valence electrons. The van der Waals surface area contributed by atoms with Gasteiger partial charge < -0.3 is 9.15 Å². The zero-order valence-electron chi connectivity index (χ0n) is 13.5. The third-order valence-electron chi connectivity index (χ3n) is 4.14. The van der Waals surface area contributed by atoms with Gasteiger partial charge >= 0.3 is 5.97 Å². The first-order valence-electron chi connectivity index (χ1n) is 8.74. The number of esters is 1. The van der Waals surface area contributed by atoms with Crippen LogP contribution in [0.5, 0.6) is 0 Å². The molecule has 0 saturated carbocycles. The van der Waals surface area contributed by atoms with Crippen molar-refractivity contribution in [3.05, 3.63) is 36.3 Å². The van der Waals surface area contributed by atoms with E-state index in [0.717, 1.165) is 37.9 Å². The van der Waals surface area contributed by atoms with Crippen LogP contribution in [-0.2, 0) is 9.53 Å². The van der Waals surface area contributed by atoms with Gasteiger partial charge in [0.2, 0.25) is 0 Å². The van der Waals surface area contributed by atoms with Crippen molar-refractivity contribution in [2.75, 3.05) is 0 Å². The Morgan fingerprint density at radius 3 is 2.41 bits per heavy atom. The summed E-state index contributed by atoms with van der Waals surface area (Å²) in [5.74, 6) is 0.669. The zero-order valence-corrected chi connectivity index (χ0v) is 13.5. The molecule has 0 aliphatic carbocycles. The minimum absolute atomic E-state index is 0.0935. The number of hydrogen-bond donors (Lipinski definition) is 0. The molecule has 1 atom stereocenters. The number of ether oxygens (including phenoxy) is 1. The Bertz CT molecular complexity index is 434. The van der Waals surface area contributed by atoms with E-state index in [1.807, 2.05) is 12.1 Å². The van der Waals surface area contributed by atoms with Gasteiger partial charge in [-0.3, -0.25) is 4.79 Å². The smallest absolute Gasteiger partial charge is 0.306 e. The average molecular weight is 304 g/mol. The minimum atomic E-state index is -0.233. The molecule has 1 aromatic heterocycles. The second-order valence-electron chi connectivity index (χ2n) is 6.06. The Hall–Kier alpha value is -1.51. The Morgan fingerprint density at radius 1 is 0.909 bits per heavy atom. The van der Waals surface area contributed by atoms with E-state index in [4.69, 9.17) is 9.15 Å². The van der Waals surface area contributed by atoms with Crippen LogP contribution in [0, 0.1) is 0 Å². The maximum Gasteiger partial charge on any atom is 0.306 e. The molecule has 1 aromatic rings. The summed E-state index contributed by atoms with van der Waals surface area (Å²) in [4.78, 5) is 12.0. The Morgan fingerprint density at radius 2 is 1.64 bits per heavy atom. The SMILES string of the molecule is O=C1CCCCCCCC/C=C/CCCC(c2ccco2)O1. The van der Waals surface area contributed by atoms with Gasteiger partial charge in [-0.15, -0.1) is 0 Å². The van der Waals surface area contributed by atoms with E-state index in [1.54, 1.807) is 6.26 Å². The summed E-state index contributed by atoms with van der Waals surface area (Å²) in [6.07, 6.45) is 17.7. The van der Waals surface area contributed by atoms with Crippen molar-refractivity contribution in [2.45, 2.75) is 76.7 Å². The number of carbonyl (C=O) groups is 1. The van der Waals surface area contributed by atoms with Crippen LogP contribution in [0.2, 0.25) is 0 Å². The summed E-state index contributed by atoms with van der Waals surface area (Å²) in [6.45, 7) is 0. The van der Waals surface area contributed by atoms with Gasteiger partial charge in [0.05, 0.1) is 6.26 Å². The van der Waals surface area contributed by atoms with Crippen molar-refractivity contribution >= 4 is 5.97 Å². The summed E-state index contributed by atoms with van der Waals surface area (Å²) < 4.78 is 11.1. The molecule has 1 aliphatic rings. The topological polar surface area (TPSA) is 39.4 Å². The molecule has 0 aromatic carbocycles. The lowest BCUT2D eigenvalue weighted by Gasteiger charge is -2.15. The first-order valence-corrected chi connectivity index (χ1v) is 8.74. The van der Waals surface area contributed by atoms with Gasteiger partial charge in [-0.05, 0) is 50.7 Å². The molecule has 3 nitrogen and oxygen atoms in total. The molecule has 0 spiro atoms. The predicted molar refractivity (Wildman–Crippen MR) is 87.5 cm³/mol. The maximum atomic E-state index is 12.0. The van der Waals surface area contributed by atoms with Crippen molar-refractivity contribution in [3.8, 4) is 0 Å². The highest BCUT2D eigenvalue weighted by molar-refractivity contribution is 5.69. The van der Waals surface area contributed by atoms with Gasteiger partial charge in [0, 0.05) is 6.42 Å². The molecule has 0 fully saturated rings. The highest BCUT2D eigenvalue weighted by Crippen LogP contribution is 2.25. The molecule has 0 amide bonds. The van der Waals surface area contributed by atoms with Crippen molar-refractivity contribution in [2.24, 2.45) is 0 Å². The standard InChI is InChI=1S/C19H28O3/c20-19-15-11-9-7-5-3-1-2-4-6-8-10-13-18(22-19)17-14-12-16-21-17/h4,6,12,14,16,18H,1-3,5,7-11,13,15H2/b6-4+. The van der Waals surface area contributed by atoms with E-state index in [2.05, 4.69) is 12.2 Å². The van der Waals surface area contributed by atoms with Crippen LogP contribution in [-0.4, -0.2) is 5.97 Å². The lowest BCUT2D eigenvalue weighted by Crippen LogP contribution is -2.11. The van der Waals surface area contributed by atoms with Crippen LogP contribution in [0.25, 0.3) is 0 Å². The van der Waals surface area contributed by atoms with Crippen molar-refractivity contribution in [1.82, 2.24) is 0 Å². The van der Waals surface area contributed by atoms with Gasteiger partial charge in [0.15, 0.2) is 6.10 Å².